The van der Waals surface area contributed by atoms with Gasteiger partial charge in [0.15, 0.2) is 0 Å². The standard InChI is InChI=1S/C14H18Cl2O/c1-2-14(8-3-4-9-14)13(17)10-6-5-7-11(15)12(10)16/h5-7,13,17H,2-4,8-9H2,1H3. The van der Waals surface area contributed by atoms with E-state index in [2.05, 4.69) is 6.92 Å². The lowest BCUT2D eigenvalue weighted by atomic mass is 9.75. The maximum atomic E-state index is 10.6. The molecule has 0 aromatic heterocycles. The molecule has 1 aliphatic rings. The molecule has 2 rings (SSSR count). The number of rotatable bonds is 3. The van der Waals surface area contributed by atoms with E-state index in [1.54, 1.807) is 6.07 Å². The van der Waals surface area contributed by atoms with Crippen molar-refractivity contribution < 1.29 is 5.11 Å². The number of benzene rings is 1. The predicted molar refractivity (Wildman–Crippen MR) is 72.6 cm³/mol. The molecular formula is C14H18Cl2O. The molecule has 0 saturated heterocycles. The van der Waals surface area contributed by atoms with Crippen LogP contribution in [-0.2, 0) is 0 Å². The van der Waals surface area contributed by atoms with Crippen LogP contribution in [-0.4, -0.2) is 5.11 Å². The molecule has 0 bridgehead atoms. The van der Waals surface area contributed by atoms with Crippen molar-refractivity contribution in [2.75, 3.05) is 0 Å². The topological polar surface area (TPSA) is 20.2 Å². The highest BCUT2D eigenvalue weighted by Crippen LogP contribution is 2.51. The van der Waals surface area contributed by atoms with Crippen molar-refractivity contribution in [3.63, 3.8) is 0 Å². The molecule has 1 atom stereocenters. The fourth-order valence-electron chi connectivity index (χ4n) is 2.96. The first-order chi connectivity index (χ1) is 8.10. The van der Waals surface area contributed by atoms with Crippen LogP contribution in [0.15, 0.2) is 18.2 Å². The monoisotopic (exact) mass is 272 g/mol. The summed E-state index contributed by atoms with van der Waals surface area (Å²) in [5.74, 6) is 0. The van der Waals surface area contributed by atoms with Gasteiger partial charge in [0, 0.05) is 11.0 Å². The predicted octanol–water partition coefficient (Wildman–Crippen LogP) is 5.00. The van der Waals surface area contributed by atoms with E-state index in [0.717, 1.165) is 24.8 Å². The Bertz CT molecular complexity index is 397. The number of halogens is 2. The quantitative estimate of drug-likeness (QED) is 0.821. The number of hydrogen-bond acceptors (Lipinski definition) is 1. The van der Waals surface area contributed by atoms with Crippen LogP contribution < -0.4 is 0 Å². The van der Waals surface area contributed by atoms with Crippen molar-refractivity contribution in [2.24, 2.45) is 5.41 Å². The Kier molecular flexibility index (Phi) is 4.02. The van der Waals surface area contributed by atoms with Crippen LogP contribution >= 0.6 is 23.2 Å². The second-order valence-electron chi connectivity index (χ2n) is 4.97. The fraction of sp³-hybridized carbons (Fsp3) is 0.571. The van der Waals surface area contributed by atoms with Gasteiger partial charge in [-0.25, -0.2) is 0 Å². The van der Waals surface area contributed by atoms with E-state index in [1.165, 1.54) is 12.8 Å². The second-order valence-corrected chi connectivity index (χ2v) is 5.75. The molecule has 17 heavy (non-hydrogen) atoms. The summed E-state index contributed by atoms with van der Waals surface area (Å²) >= 11 is 12.2. The zero-order valence-electron chi connectivity index (χ0n) is 10.0. The minimum Gasteiger partial charge on any atom is -0.388 e. The molecule has 94 valence electrons. The molecule has 1 aromatic carbocycles. The summed E-state index contributed by atoms with van der Waals surface area (Å²) < 4.78 is 0. The Hall–Kier alpha value is -0.240. The summed E-state index contributed by atoms with van der Waals surface area (Å²) in [5, 5.41) is 11.7. The van der Waals surface area contributed by atoms with E-state index >= 15 is 0 Å². The van der Waals surface area contributed by atoms with Gasteiger partial charge in [0.05, 0.1) is 16.1 Å². The lowest BCUT2D eigenvalue weighted by molar-refractivity contribution is 0.0238. The molecule has 1 nitrogen and oxygen atoms in total. The van der Waals surface area contributed by atoms with E-state index in [-0.39, 0.29) is 5.41 Å². The lowest BCUT2D eigenvalue weighted by Gasteiger charge is -2.34. The van der Waals surface area contributed by atoms with Crippen LogP contribution in [0.4, 0.5) is 0 Å². The first kappa shape index (κ1) is 13.2. The highest BCUT2D eigenvalue weighted by Gasteiger charge is 2.40. The third kappa shape index (κ3) is 2.33. The van der Waals surface area contributed by atoms with Gasteiger partial charge in [0.2, 0.25) is 0 Å². The van der Waals surface area contributed by atoms with Crippen LogP contribution in [0.3, 0.4) is 0 Å². The number of aliphatic hydroxyl groups is 1. The van der Waals surface area contributed by atoms with Gasteiger partial charge in [-0.2, -0.15) is 0 Å². The van der Waals surface area contributed by atoms with Gasteiger partial charge in [0.1, 0.15) is 0 Å². The van der Waals surface area contributed by atoms with E-state index in [9.17, 15) is 5.11 Å². The molecule has 0 heterocycles. The largest absolute Gasteiger partial charge is 0.388 e. The maximum absolute atomic E-state index is 10.6. The summed E-state index contributed by atoms with van der Waals surface area (Å²) in [4.78, 5) is 0. The van der Waals surface area contributed by atoms with Crippen molar-refractivity contribution in [3.8, 4) is 0 Å². The van der Waals surface area contributed by atoms with Crippen LogP contribution in [0, 0.1) is 5.41 Å². The Morgan fingerprint density at radius 3 is 2.53 bits per heavy atom. The Morgan fingerprint density at radius 2 is 1.94 bits per heavy atom. The number of hydrogen-bond donors (Lipinski definition) is 1. The van der Waals surface area contributed by atoms with Crippen LogP contribution in [0.5, 0.6) is 0 Å². The zero-order valence-corrected chi connectivity index (χ0v) is 11.6. The summed E-state index contributed by atoms with van der Waals surface area (Å²) in [7, 11) is 0. The molecule has 0 spiro atoms. The van der Waals surface area contributed by atoms with E-state index in [1.807, 2.05) is 12.1 Å². The molecule has 3 heteroatoms. The number of aliphatic hydroxyl groups excluding tert-OH is 1. The lowest BCUT2D eigenvalue weighted by Crippen LogP contribution is -2.25. The molecule has 0 amide bonds. The maximum Gasteiger partial charge on any atom is 0.0861 e. The van der Waals surface area contributed by atoms with E-state index in [4.69, 9.17) is 23.2 Å². The highest BCUT2D eigenvalue weighted by atomic mass is 35.5. The van der Waals surface area contributed by atoms with Gasteiger partial charge < -0.3 is 5.11 Å². The van der Waals surface area contributed by atoms with E-state index < -0.39 is 6.10 Å². The smallest absolute Gasteiger partial charge is 0.0861 e. The summed E-state index contributed by atoms with van der Waals surface area (Å²) in [6, 6.07) is 5.49. The van der Waals surface area contributed by atoms with Crippen LogP contribution in [0.2, 0.25) is 10.0 Å². The van der Waals surface area contributed by atoms with Gasteiger partial charge in [0.25, 0.3) is 0 Å². The average Bonchev–Trinajstić information content (AvgIpc) is 2.82. The van der Waals surface area contributed by atoms with Crippen molar-refractivity contribution in [1.82, 2.24) is 0 Å². The minimum absolute atomic E-state index is 0.00563. The first-order valence-electron chi connectivity index (χ1n) is 6.23. The van der Waals surface area contributed by atoms with E-state index in [0.29, 0.717) is 10.0 Å². The zero-order chi connectivity index (χ0) is 12.5. The molecule has 0 aliphatic heterocycles. The third-order valence-electron chi connectivity index (χ3n) is 4.16. The third-order valence-corrected chi connectivity index (χ3v) is 4.99. The highest BCUT2D eigenvalue weighted by molar-refractivity contribution is 6.42. The molecule has 1 aromatic rings. The molecular weight excluding hydrogens is 255 g/mol. The van der Waals surface area contributed by atoms with Crippen LogP contribution in [0.25, 0.3) is 0 Å². The molecule has 1 saturated carbocycles. The summed E-state index contributed by atoms with van der Waals surface area (Å²) in [6.45, 7) is 2.15. The van der Waals surface area contributed by atoms with Gasteiger partial charge in [-0.05, 0) is 25.3 Å². The summed E-state index contributed by atoms with van der Waals surface area (Å²) in [5.41, 5.74) is 0.775. The minimum atomic E-state index is -0.499. The van der Waals surface area contributed by atoms with Gasteiger partial charge >= 0.3 is 0 Å². The van der Waals surface area contributed by atoms with Crippen LogP contribution in [0.1, 0.15) is 50.7 Å². The second kappa shape index (κ2) is 5.17. The molecule has 1 unspecified atom stereocenters. The van der Waals surface area contributed by atoms with Gasteiger partial charge in [-0.1, -0.05) is 55.1 Å². The average molecular weight is 273 g/mol. The fourth-order valence-corrected chi connectivity index (χ4v) is 3.37. The molecule has 1 aliphatic carbocycles. The van der Waals surface area contributed by atoms with Gasteiger partial charge in [-0.15, -0.1) is 0 Å². The normalized spacial score (nSPS) is 20.5. The van der Waals surface area contributed by atoms with Crippen molar-refractivity contribution in [2.45, 2.75) is 45.1 Å². The molecule has 1 N–H and O–H groups in total. The first-order valence-corrected chi connectivity index (χ1v) is 6.98. The SMILES string of the molecule is CCC1(C(O)c2cccc(Cl)c2Cl)CCCC1. The molecule has 0 radical (unpaired) electrons. The Labute approximate surface area is 113 Å². The molecule has 1 fully saturated rings. The van der Waals surface area contributed by atoms with Crippen molar-refractivity contribution in [3.05, 3.63) is 33.8 Å². The Morgan fingerprint density at radius 1 is 1.29 bits per heavy atom. The van der Waals surface area contributed by atoms with Crippen molar-refractivity contribution in [1.29, 1.82) is 0 Å². The van der Waals surface area contributed by atoms with Gasteiger partial charge in [-0.3, -0.25) is 0 Å². The van der Waals surface area contributed by atoms with Crippen molar-refractivity contribution >= 4 is 23.2 Å². The Balaban J connectivity index is 2.35. The summed E-state index contributed by atoms with van der Waals surface area (Å²) in [6.07, 6.45) is 5.03.